The molecule has 0 radical (unpaired) electrons. The van der Waals surface area contributed by atoms with Gasteiger partial charge in [0.2, 0.25) is 0 Å². The molecule has 132 valence electrons. The van der Waals surface area contributed by atoms with Crippen molar-refractivity contribution in [2.24, 2.45) is 7.05 Å². The molecule has 3 rings (SSSR count). The molecule has 3 heterocycles. The standard InChI is InChI=1S/C16H20N6O2S/c1-4-22-11-16(20-12(22)2)25(23,24)19-7-13-5-14(8-17-6-13)15-9-18-21(3)10-15/h5-6,8-11,19H,4,7H2,1-3H3. The largest absolute Gasteiger partial charge is 0.334 e. The zero-order valence-corrected chi connectivity index (χ0v) is 15.2. The van der Waals surface area contributed by atoms with Crippen LogP contribution in [0.1, 0.15) is 18.3 Å². The molecule has 1 N–H and O–H groups in total. The number of pyridine rings is 1. The van der Waals surface area contributed by atoms with Crippen LogP contribution in [0.15, 0.2) is 42.1 Å². The van der Waals surface area contributed by atoms with Gasteiger partial charge in [-0.25, -0.2) is 18.1 Å². The van der Waals surface area contributed by atoms with Crippen molar-refractivity contribution in [2.45, 2.75) is 32.0 Å². The van der Waals surface area contributed by atoms with E-state index in [1.54, 1.807) is 41.0 Å². The van der Waals surface area contributed by atoms with Gasteiger partial charge in [-0.1, -0.05) is 0 Å². The van der Waals surface area contributed by atoms with Crippen molar-refractivity contribution in [1.82, 2.24) is 29.0 Å². The van der Waals surface area contributed by atoms with Crippen LogP contribution >= 0.6 is 0 Å². The van der Waals surface area contributed by atoms with Gasteiger partial charge in [0.25, 0.3) is 10.0 Å². The number of nitrogens with zero attached hydrogens (tertiary/aromatic N) is 5. The van der Waals surface area contributed by atoms with Gasteiger partial charge in [0.1, 0.15) is 5.82 Å². The SMILES string of the molecule is CCn1cc(S(=O)(=O)NCc2cncc(-c3cnn(C)c3)c2)nc1C. The molecule has 0 spiro atoms. The van der Waals surface area contributed by atoms with E-state index in [-0.39, 0.29) is 11.6 Å². The second kappa shape index (κ2) is 6.77. The normalized spacial score (nSPS) is 11.8. The van der Waals surface area contributed by atoms with E-state index in [4.69, 9.17) is 0 Å². The highest BCUT2D eigenvalue weighted by atomic mass is 32.2. The van der Waals surface area contributed by atoms with Gasteiger partial charge in [-0.15, -0.1) is 0 Å². The third-order valence-electron chi connectivity index (χ3n) is 3.87. The number of imidazole rings is 1. The first-order valence-corrected chi connectivity index (χ1v) is 9.33. The Hall–Kier alpha value is -2.52. The van der Waals surface area contributed by atoms with Crippen LogP contribution in [0.3, 0.4) is 0 Å². The van der Waals surface area contributed by atoms with Gasteiger partial charge in [0.15, 0.2) is 5.03 Å². The summed E-state index contributed by atoms with van der Waals surface area (Å²) < 4.78 is 30.9. The third kappa shape index (κ3) is 3.77. The topological polar surface area (TPSA) is 94.7 Å². The minimum absolute atomic E-state index is 0.0308. The van der Waals surface area contributed by atoms with Crippen molar-refractivity contribution in [1.29, 1.82) is 0 Å². The van der Waals surface area contributed by atoms with Gasteiger partial charge < -0.3 is 4.57 Å². The fourth-order valence-electron chi connectivity index (χ4n) is 2.49. The quantitative estimate of drug-likeness (QED) is 0.718. The number of sulfonamides is 1. The summed E-state index contributed by atoms with van der Waals surface area (Å²) in [6, 6.07) is 1.89. The molecule has 8 nitrogen and oxygen atoms in total. The molecule has 0 saturated carbocycles. The zero-order chi connectivity index (χ0) is 18.0. The monoisotopic (exact) mass is 360 g/mol. The molecule has 0 unspecified atom stereocenters. The number of nitrogens with one attached hydrogen (secondary N) is 1. The van der Waals surface area contributed by atoms with Gasteiger partial charge >= 0.3 is 0 Å². The Balaban J connectivity index is 1.76. The average Bonchev–Trinajstić information content (AvgIpc) is 3.19. The summed E-state index contributed by atoms with van der Waals surface area (Å²) in [5.74, 6) is 0.670. The van der Waals surface area contributed by atoms with Crippen LogP contribution in [0, 0.1) is 6.92 Å². The molecule has 0 saturated heterocycles. The summed E-state index contributed by atoms with van der Waals surface area (Å²) in [7, 11) is -1.83. The van der Waals surface area contributed by atoms with Crippen molar-refractivity contribution in [3.63, 3.8) is 0 Å². The lowest BCUT2D eigenvalue weighted by Crippen LogP contribution is -2.23. The maximum Gasteiger partial charge on any atom is 0.259 e. The van der Waals surface area contributed by atoms with Crippen LogP contribution < -0.4 is 4.72 Å². The molecule has 0 aliphatic rings. The number of hydrogen-bond acceptors (Lipinski definition) is 5. The lowest BCUT2D eigenvalue weighted by atomic mass is 10.1. The molecule has 3 aromatic heterocycles. The van der Waals surface area contributed by atoms with Crippen molar-refractivity contribution >= 4 is 10.0 Å². The van der Waals surface area contributed by atoms with Gasteiger partial charge in [-0.3, -0.25) is 9.67 Å². The maximum absolute atomic E-state index is 12.4. The minimum Gasteiger partial charge on any atom is -0.334 e. The average molecular weight is 360 g/mol. The Labute approximate surface area is 146 Å². The first-order chi connectivity index (χ1) is 11.9. The number of rotatable bonds is 6. The predicted molar refractivity (Wildman–Crippen MR) is 93.1 cm³/mol. The van der Waals surface area contributed by atoms with E-state index in [1.807, 2.05) is 26.2 Å². The summed E-state index contributed by atoms with van der Waals surface area (Å²) in [6.45, 7) is 4.53. The Morgan fingerprint density at radius 3 is 2.60 bits per heavy atom. The van der Waals surface area contributed by atoms with Crippen LogP contribution in [0.25, 0.3) is 11.1 Å². The first kappa shape index (κ1) is 17.3. The fourth-order valence-corrected chi connectivity index (χ4v) is 3.52. The minimum atomic E-state index is -3.67. The van der Waals surface area contributed by atoms with Crippen LogP contribution in [0.2, 0.25) is 0 Å². The Bertz CT molecular complexity index is 990. The summed E-state index contributed by atoms with van der Waals surface area (Å²) in [6.07, 6.45) is 8.53. The third-order valence-corrected chi connectivity index (χ3v) is 5.14. The van der Waals surface area contributed by atoms with E-state index in [1.165, 1.54) is 0 Å². The molecule has 0 aliphatic carbocycles. The molecule has 0 aromatic carbocycles. The van der Waals surface area contributed by atoms with E-state index >= 15 is 0 Å². The molecule has 0 amide bonds. The lowest BCUT2D eigenvalue weighted by molar-refractivity contribution is 0.577. The van der Waals surface area contributed by atoms with Crippen LogP contribution in [-0.2, 0) is 30.2 Å². The molecule has 0 fully saturated rings. The fraction of sp³-hybridized carbons (Fsp3) is 0.312. The van der Waals surface area contributed by atoms with E-state index in [0.29, 0.717) is 12.4 Å². The molecule has 9 heteroatoms. The number of hydrogen-bond donors (Lipinski definition) is 1. The molecule has 0 atom stereocenters. The Kier molecular flexibility index (Phi) is 4.69. The van der Waals surface area contributed by atoms with Crippen LogP contribution in [0.4, 0.5) is 0 Å². The summed E-state index contributed by atoms with van der Waals surface area (Å²) in [5, 5.41) is 4.16. The molecule has 3 aromatic rings. The molecular weight excluding hydrogens is 340 g/mol. The van der Waals surface area contributed by atoms with Gasteiger partial charge in [-0.05, 0) is 25.5 Å². The van der Waals surface area contributed by atoms with Crippen LogP contribution in [-0.4, -0.2) is 32.7 Å². The first-order valence-electron chi connectivity index (χ1n) is 7.85. The van der Waals surface area contributed by atoms with Gasteiger partial charge in [-0.2, -0.15) is 5.10 Å². The summed E-state index contributed by atoms with van der Waals surface area (Å²) in [5.41, 5.74) is 2.57. The molecule has 0 bridgehead atoms. The van der Waals surface area contributed by atoms with Crippen molar-refractivity contribution in [3.8, 4) is 11.1 Å². The molecule has 25 heavy (non-hydrogen) atoms. The second-order valence-electron chi connectivity index (χ2n) is 5.72. The molecule has 0 aliphatic heterocycles. The highest BCUT2D eigenvalue weighted by Gasteiger charge is 2.18. The summed E-state index contributed by atoms with van der Waals surface area (Å²) in [4.78, 5) is 8.30. The van der Waals surface area contributed by atoms with E-state index in [2.05, 4.69) is 19.8 Å². The molecular formula is C16H20N6O2S. The Morgan fingerprint density at radius 1 is 1.16 bits per heavy atom. The predicted octanol–water partition coefficient (Wildman–Crippen LogP) is 1.49. The van der Waals surface area contributed by atoms with Crippen molar-refractivity contribution in [2.75, 3.05) is 0 Å². The van der Waals surface area contributed by atoms with Gasteiger partial charge in [0.05, 0.1) is 6.20 Å². The maximum atomic E-state index is 12.4. The van der Waals surface area contributed by atoms with E-state index in [9.17, 15) is 8.42 Å². The lowest BCUT2D eigenvalue weighted by Gasteiger charge is -2.05. The second-order valence-corrected chi connectivity index (χ2v) is 7.44. The van der Waals surface area contributed by atoms with E-state index in [0.717, 1.165) is 16.7 Å². The van der Waals surface area contributed by atoms with Crippen LogP contribution in [0.5, 0.6) is 0 Å². The van der Waals surface area contributed by atoms with E-state index < -0.39 is 10.0 Å². The number of aryl methyl sites for hydroxylation is 3. The highest BCUT2D eigenvalue weighted by Crippen LogP contribution is 2.18. The number of aromatic nitrogens is 5. The highest BCUT2D eigenvalue weighted by molar-refractivity contribution is 7.89. The van der Waals surface area contributed by atoms with Crippen molar-refractivity contribution < 1.29 is 8.42 Å². The smallest absolute Gasteiger partial charge is 0.259 e. The zero-order valence-electron chi connectivity index (χ0n) is 14.3. The Morgan fingerprint density at radius 2 is 1.96 bits per heavy atom. The summed E-state index contributed by atoms with van der Waals surface area (Å²) >= 11 is 0. The van der Waals surface area contributed by atoms with Gasteiger partial charge in [0, 0.05) is 56.1 Å². The van der Waals surface area contributed by atoms with Crippen molar-refractivity contribution in [3.05, 3.63) is 48.4 Å².